The average Bonchev–Trinajstić information content (AvgIpc) is 2.37. The molecule has 1 atom stereocenters. The van der Waals surface area contributed by atoms with Crippen LogP contribution in [0.25, 0.3) is 0 Å². The molecule has 0 heterocycles. The fourth-order valence-electron chi connectivity index (χ4n) is 1.56. The second kappa shape index (κ2) is 6.25. The Kier molecular flexibility index (Phi) is 4.97. The second-order valence-electron chi connectivity index (χ2n) is 3.92. The van der Waals surface area contributed by atoms with Crippen LogP contribution in [0.5, 0.6) is 5.75 Å². The zero-order valence-electron chi connectivity index (χ0n) is 10.5. The Labute approximate surface area is 102 Å². The summed E-state index contributed by atoms with van der Waals surface area (Å²) in [6.45, 7) is 2.11. The SMILES string of the molecule is CCC(=O)N(C)CC(O)c1ccc(OC)cc1. The number of rotatable bonds is 5. The molecule has 0 aliphatic carbocycles. The highest BCUT2D eigenvalue weighted by Gasteiger charge is 2.13. The molecular weight excluding hydrogens is 218 g/mol. The molecule has 1 N–H and O–H groups in total. The maximum atomic E-state index is 11.4. The van der Waals surface area contributed by atoms with E-state index in [0.29, 0.717) is 13.0 Å². The van der Waals surface area contributed by atoms with Gasteiger partial charge in [-0.15, -0.1) is 0 Å². The third-order valence-electron chi connectivity index (χ3n) is 2.68. The van der Waals surface area contributed by atoms with Crippen molar-refractivity contribution < 1.29 is 14.6 Å². The first-order valence-electron chi connectivity index (χ1n) is 5.64. The van der Waals surface area contributed by atoms with Crippen LogP contribution in [-0.2, 0) is 4.79 Å². The zero-order chi connectivity index (χ0) is 12.8. The van der Waals surface area contributed by atoms with Crippen molar-refractivity contribution >= 4 is 5.91 Å². The summed E-state index contributed by atoms with van der Waals surface area (Å²) >= 11 is 0. The van der Waals surface area contributed by atoms with Crippen molar-refractivity contribution in [2.75, 3.05) is 20.7 Å². The molecule has 4 nitrogen and oxygen atoms in total. The van der Waals surface area contributed by atoms with Crippen LogP contribution in [0, 0.1) is 0 Å². The van der Waals surface area contributed by atoms with E-state index >= 15 is 0 Å². The van der Waals surface area contributed by atoms with Gasteiger partial charge in [0.25, 0.3) is 0 Å². The summed E-state index contributed by atoms with van der Waals surface area (Å²) in [7, 11) is 3.29. The molecule has 0 radical (unpaired) electrons. The van der Waals surface area contributed by atoms with Crippen LogP contribution in [0.4, 0.5) is 0 Å². The standard InChI is InChI=1S/C13H19NO3/c1-4-13(16)14(2)9-12(15)10-5-7-11(17-3)8-6-10/h5-8,12,15H,4,9H2,1-3H3. The number of amides is 1. The Hall–Kier alpha value is -1.55. The minimum absolute atomic E-state index is 0.0255. The second-order valence-corrected chi connectivity index (χ2v) is 3.92. The minimum atomic E-state index is -0.665. The van der Waals surface area contributed by atoms with Crippen LogP contribution in [0.3, 0.4) is 0 Å². The van der Waals surface area contributed by atoms with Gasteiger partial charge >= 0.3 is 0 Å². The molecule has 0 saturated heterocycles. The Morgan fingerprint density at radius 1 is 1.41 bits per heavy atom. The number of aliphatic hydroxyl groups excluding tert-OH is 1. The predicted molar refractivity (Wildman–Crippen MR) is 65.9 cm³/mol. The predicted octanol–water partition coefficient (Wildman–Crippen LogP) is 1.60. The molecule has 0 aliphatic heterocycles. The molecule has 0 spiro atoms. The maximum absolute atomic E-state index is 11.4. The first-order valence-corrected chi connectivity index (χ1v) is 5.64. The van der Waals surface area contributed by atoms with Gasteiger partial charge in [0.1, 0.15) is 5.75 Å². The van der Waals surface area contributed by atoms with Gasteiger partial charge in [0.2, 0.25) is 5.91 Å². The van der Waals surface area contributed by atoms with E-state index in [4.69, 9.17) is 4.74 Å². The van der Waals surface area contributed by atoms with E-state index in [-0.39, 0.29) is 5.91 Å². The Morgan fingerprint density at radius 2 is 2.00 bits per heavy atom. The Balaban J connectivity index is 2.62. The van der Waals surface area contributed by atoms with E-state index in [1.165, 1.54) is 4.90 Å². The maximum Gasteiger partial charge on any atom is 0.222 e. The lowest BCUT2D eigenvalue weighted by Crippen LogP contribution is -2.30. The highest BCUT2D eigenvalue weighted by atomic mass is 16.5. The summed E-state index contributed by atoms with van der Waals surface area (Å²) in [4.78, 5) is 12.9. The summed E-state index contributed by atoms with van der Waals surface area (Å²) in [6, 6.07) is 7.18. The van der Waals surface area contributed by atoms with Crippen LogP contribution in [0.1, 0.15) is 25.0 Å². The third kappa shape index (κ3) is 3.75. The Morgan fingerprint density at radius 3 is 2.47 bits per heavy atom. The lowest BCUT2D eigenvalue weighted by Gasteiger charge is -2.20. The Bertz CT molecular complexity index is 361. The number of nitrogens with zero attached hydrogens (tertiary/aromatic N) is 1. The normalized spacial score (nSPS) is 12.0. The van der Waals surface area contributed by atoms with E-state index in [1.807, 2.05) is 0 Å². The van der Waals surface area contributed by atoms with Crippen molar-refractivity contribution in [2.24, 2.45) is 0 Å². The molecule has 1 rings (SSSR count). The van der Waals surface area contributed by atoms with E-state index < -0.39 is 6.10 Å². The number of carbonyl (C=O) groups is 1. The molecule has 1 aromatic rings. The molecule has 1 unspecified atom stereocenters. The fourth-order valence-corrected chi connectivity index (χ4v) is 1.56. The number of methoxy groups -OCH3 is 1. The minimum Gasteiger partial charge on any atom is -0.497 e. The molecular formula is C13H19NO3. The van der Waals surface area contributed by atoms with Gasteiger partial charge < -0.3 is 14.7 Å². The highest BCUT2D eigenvalue weighted by molar-refractivity contribution is 5.75. The quantitative estimate of drug-likeness (QED) is 0.846. The molecule has 0 fully saturated rings. The van der Waals surface area contributed by atoms with Crippen molar-refractivity contribution in [1.29, 1.82) is 0 Å². The van der Waals surface area contributed by atoms with Gasteiger partial charge in [-0.05, 0) is 17.7 Å². The molecule has 0 saturated carbocycles. The van der Waals surface area contributed by atoms with E-state index in [1.54, 1.807) is 45.3 Å². The van der Waals surface area contributed by atoms with Crippen LogP contribution in [0.15, 0.2) is 24.3 Å². The number of ether oxygens (including phenoxy) is 1. The van der Waals surface area contributed by atoms with Crippen LogP contribution < -0.4 is 4.74 Å². The van der Waals surface area contributed by atoms with Crippen LogP contribution in [0.2, 0.25) is 0 Å². The summed E-state index contributed by atoms with van der Waals surface area (Å²) < 4.78 is 5.04. The highest BCUT2D eigenvalue weighted by Crippen LogP contribution is 2.18. The number of aliphatic hydroxyl groups is 1. The molecule has 4 heteroatoms. The monoisotopic (exact) mass is 237 g/mol. The molecule has 1 amide bonds. The first kappa shape index (κ1) is 13.5. The van der Waals surface area contributed by atoms with Crippen LogP contribution >= 0.6 is 0 Å². The molecule has 0 aliphatic rings. The van der Waals surface area contributed by atoms with E-state index in [2.05, 4.69) is 0 Å². The summed E-state index contributed by atoms with van der Waals surface area (Å²) in [5, 5.41) is 9.96. The number of likely N-dealkylation sites (N-methyl/N-ethyl adjacent to an activating group) is 1. The number of carbonyl (C=O) groups excluding carboxylic acids is 1. The van der Waals surface area contributed by atoms with Crippen molar-refractivity contribution in [3.63, 3.8) is 0 Å². The van der Waals surface area contributed by atoms with Crippen molar-refractivity contribution in [3.8, 4) is 5.75 Å². The van der Waals surface area contributed by atoms with Gasteiger partial charge in [-0.25, -0.2) is 0 Å². The number of hydrogen-bond acceptors (Lipinski definition) is 3. The zero-order valence-corrected chi connectivity index (χ0v) is 10.5. The van der Waals surface area contributed by atoms with E-state index in [0.717, 1.165) is 11.3 Å². The first-order chi connectivity index (χ1) is 8.08. The average molecular weight is 237 g/mol. The molecule has 94 valence electrons. The van der Waals surface area contributed by atoms with Gasteiger partial charge in [0, 0.05) is 13.5 Å². The van der Waals surface area contributed by atoms with Gasteiger partial charge in [-0.2, -0.15) is 0 Å². The summed E-state index contributed by atoms with van der Waals surface area (Å²) in [5.74, 6) is 0.775. The third-order valence-corrected chi connectivity index (χ3v) is 2.68. The topological polar surface area (TPSA) is 49.8 Å². The molecule has 0 bridgehead atoms. The smallest absolute Gasteiger partial charge is 0.222 e. The number of benzene rings is 1. The molecule has 0 aromatic heterocycles. The number of hydrogen-bond donors (Lipinski definition) is 1. The van der Waals surface area contributed by atoms with Gasteiger partial charge in [0.15, 0.2) is 0 Å². The lowest BCUT2D eigenvalue weighted by molar-refractivity contribution is -0.130. The summed E-state index contributed by atoms with van der Waals surface area (Å²) in [5.41, 5.74) is 0.779. The summed E-state index contributed by atoms with van der Waals surface area (Å²) in [6.07, 6.45) is -0.215. The largest absolute Gasteiger partial charge is 0.497 e. The van der Waals surface area contributed by atoms with Crippen molar-refractivity contribution in [3.05, 3.63) is 29.8 Å². The van der Waals surface area contributed by atoms with Gasteiger partial charge in [-0.3, -0.25) is 4.79 Å². The molecule has 17 heavy (non-hydrogen) atoms. The van der Waals surface area contributed by atoms with Crippen molar-refractivity contribution in [1.82, 2.24) is 4.90 Å². The van der Waals surface area contributed by atoms with Crippen LogP contribution in [-0.4, -0.2) is 36.6 Å². The lowest BCUT2D eigenvalue weighted by atomic mass is 10.1. The fraction of sp³-hybridized carbons (Fsp3) is 0.462. The van der Waals surface area contributed by atoms with Gasteiger partial charge in [0.05, 0.1) is 19.8 Å². The van der Waals surface area contributed by atoms with Gasteiger partial charge in [-0.1, -0.05) is 19.1 Å². The molecule has 1 aromatic carbocycles. The van der Waals surface area contributed by atoms with Crippen molar-refractivity contribution in [2.45, 2.75) is 19.4 Å². The van der Waals surface area contributed by atoms with E-state index in [9.17, 15) is 9.90 Å².